The molecule has 0 fully saturated rings. The first-order valence-electron chi connectivity index (χ1n) is 7.01. The summed E-state index contributed by atoms with van der Waals surface area (Å²) in [4.78, 5) is 12.3. The van der Waals surface area contributed by atoms with Crippen molar-refractivity contribution in [2.75, 3.05) is 18.2 Å². The van der Waals surface area contributed by atoms with E-state index in [2.05, 4.69) is 15.6 Å². The molecule has 0 atom stereocenters. The molecular weight excluding hydrogens is 330 g/mol. The van der Waals surface area contributed by atoms with E-state index in [0.717, 1.165) is 0 Å². The Morgan fingerprint density at radius 3 is 2.58 bits per heavy atom. The van der Waals surface area contributed by atoms with E-state index in [9.17, 15) is 4.79 Å². The largest absolute Gasteiger partial charge is 0.497 e. The van der Waals surface area contributed by atoms with E-state index in [0.29, 0.717) is 22.1 Å². The molecule has 3 aromatic rings. The maximum atomic E-state index is 12.3. The van der Waals surface area contributed by atoms with Crippen LogP contribution < -0.4 is 15.8 Å². The number of aromatic nitrogens is 3. The highest BCUT2D eigenvalue weighted by Crippen LogP contribution is 2.23. The van der Waals surface area contributed by atoms with Gasteiger partial charge in [-0.25, -0.2) is 0 Å². The number of halogens is 1. The predicted molar refractivity (Wildman–Crippen MR) is 91.7 cm³/mol. The number of benzene rings is 2. The number of nitrogens with one attached hydrogen (secondary N) is 1. The smallest absolute Gasteiger partial charge is 0.280 e. The third-order valence-corrected chi connectivity index (χ3v) is 3.69. The van der Waals surface area contributed by atoms with Crippen molar-refractivity contribution in [1.82, 2.24) is 15.0 Å². The number of anilines is 2. The summed E-state index contributed by atoms with van der Waals surface area (Å²) in [5.74, 6) is 0.346. The lowest BCUT2D eigenvalue weighted by Crippen LogP contribution is -2.15. The van der Waals surface area contributed by atoms with E-state index in [4.69, 9.17) is 22.1 Å². The van der Waals surface area contributed by atoms with Crippen molar-refractivity contribution in [1.29, 1.82) is 0 Å². The molecule has 1 aromatic heterocycles. The van der Waals surface area contributed by atoms with Crippen LogP contribution in [0.4, 0.5) is 11.5 Å². The van der Waals surface area contributed by atoms with Crippen molar-refractivity contribution in [3.63, 3.8) is 0 Å². The van der Waals surface area contributed by atoms with E-state index in [-0.39, 0.29) is 11.5 Å². The summed E-state index contributed by atoms with van der Waals surface area (Å²) in [6, 6.07) is 13.9. The van der Waals surface area contributed by atoms with Gasteiger partial charge < -0.3 is 15.8 Å². The SMILES string of the molecule is COc1ccc(-n2nnc(C(=O)Nc3ccccc3Cl)c2N)cc1. The van der Waals surface area contributed by atoms with Crippen molar-refractivity contribution in [3.05, 3.63) is 59.2 Å². The summed E-state index contributed by atoms with van der Waals surface area (Å²) >= 11 is 6.03. The van der Waals surface area contributed by atoms with E-state index < -0.39 is 5.91 Å². The van der Waals surface area contributed by atoms with Crippen molar-refractivity contribution in [3.8, 4) is 11.4 Å². The minimum Gasteiger partial charge on any atom is -0.497 e. The molecule has 122 valence electrons. The number of amides is 1. The third kappa shape index (κ3) is 3.02. The fraction of sp³-hybridized carbons (Fsp3) is 0.0625. The standard InChI is InChI=1S/C16H14ClN5O2/c1-24-11-8-6-10(7-9-11)22-15(18)14(20-21-22)16(23)19-13-5-3-2-4-12(13)17/h2-9H,18H2,1H3,(H,19,23). The fourth-order valence-electron chi connectivity index (χ4n) is 2.11. The Morgan fingerprint density at radius 1 is 1.21 bits per heavy atom. The van der Waals surface area contributed by atoms with Gasteiger partial charge in [-0.05, 0) is 36.4 Å². The molecule has 24 heavy (non-hydrogen) atoms. The lowest BCUT2D eigenvalue weighted by atomic mass is 10.3. The molecule has 3 rings (SSSR count). The van der Waals surface area contributed by atoms with Crippen LogP contribution in [0.3, 0.4) is 0 Å². The van der Waals surface area contributed by atoms with E-state index >= 15 is 0 Å². The quantitative estimate of drug-likeness (QED) is 0.759. The Labute approximate surface area is 143 Å². The second-order valence-electron chi connectivity index (χ2n) is 4.87. The fourth-order valence-corrected chi connectivity index (χ4v) is 2.29. The lowest BCUT2D eigenvalue weighted by Gasteiger charge is -2.06. The minimum atomic E-state index is -0.486. The van der Waals surface area contributed by atoms with E-state index in [1.165, 1.54) is 4.68 Å². The summed E-state index contributed by atoms with van der Waals surface area (Å²) in [6.45, 7) is 0. The highest BCUT2D eigenvalue weighted by molar-refractivity contribution is 6.33. The predicted octanol–water partition coefficient (Wildman–Crippen LogP) is 2.76. The Kier molecular flexibility index (Phi) is 4.35. The number of para-hydroxylation sites is 1. The molecule has 0 saturated heterocycles. The molecule has 7 nitrogen and oxygen atoms in total. The van der Waals surface area contributed by atoms with Gasteiger partial charge in [0.25, 0.3) is 5.91 Å². The van der Waals surface area contributed by atoms with Crippen LogP contribution in [0.5, 0.6) is 5.75 Å². The Bertz CT molecular complexity index is 876. The summed E-state index contributed by atoms with van der Waals surface area (Å²) in [7, 11) is 1.58. The van der Waals surface area contributed by atoms with Crippen LogP contribution in [-0.4, -0.2) is 28.0 Å². The molecule has 1 heterocycles. The van der Waals surface area contributed by atoms with Gasteiger partial charge in [-0.3, -0.25) is 4.79 Å². The van der Waals surface area contributed by atoms with Crippen LogP contribution in [0.2, 0.25) is 5.02 Å². The van der Waals surface area contributed by atoms with Crippen LogP contribution >= 0.6 is 11.6 Å². The lowest BCUT2D eigenvalue weighted by molar-refractivity contribution is 0.102. The van der Waals surface area contributed by atoms with Crippen LogP contribution in [0.1, 0.15) is 10.5 Å². The normalized spacial score (nSPS) is 10.4. The molecule has 1 amide bonds. The maximum absolute atomic E-state index is 12.3. The molecular formula is C16H14ClN5O2. The van der Waals surface area contributed by atoms with Crippen molar-refractivity contribution in [2.45, 2.75) is 0 Å². The Hall–Kier alpha value is -3.06. The molecule has 0 aliphatic carbocycles. The number of nitrogen functional groups attached to an aromatic ring is 1. The molecule has 0 bridgehead atoms. The number of hydrogen-bond donors (Lipinski definition) is 2. The summed E-state index contributed by atoms with van der Waals surface area (Å²) in [6.07, 6.45) is 0. The topological polar surface area (TPSA) is 95.1 Å². The highest BCUT2D eigenvalue weighted by Gasteiger charge is 2.19. The zero-order chi connectivity index (χ0) is 17.1. The van der Waals surface area contributed by atoms with Crippen molar-refractivity contribution < 1.29 is 9.53 Å². The number of rotatable bonds is 4. The Balaban J connectivity index is 1.86. The number of nitrogens with zero attached hydrogens (tertiary/aromatic N) is 3. The number of carbonyl (C=O) groups is 1. The van der Waals surface area contributed by atoms with Gasteiger partial charge in [0.1, 0.15) is 5.75 Å². The van der Waals surface area contributed by atoms with Crippen molar-refractivity contribution >= 4 is 29.0 Å². The monoisotopic (exact) mass is 343 g/mol. The average molecular weight is 344 g/mol. The number of nitrogens with two attached hydrogens (primary N) is 1. The molecule has 0 radical (unpaired) electrons. The molecule has 0 saturated carbocycles. The zero-order valence-electron chi connectivity index (χ0n) is 12.7. The average Bonchev–Trinajstić information content (AvgIpc) is 2.98. The first-order chi connectivity index (χ1) is 11.6. The molecule has 3 N–H and O–H groups in total. The summed E-state index contributed by atoms with van der Waals surface area (Å²) in [5, 5.41) is 10.9. The third-order valence-electron chi connectivity index (χ3n) is 3.36. The van der Waals surface area contributed by atoms with Gasteiger partial charge in [0, 0.05) is 0 Å². The van der Waals surface area contributed by atoms with Gasteiger partial charge in [0.2, 0.25) is 0 Å². The van der Waals surface area contributed by atoms with Gasteiger partial charge in [0.05, 0.1) is 23.5 Å². The van der Waals surface area contributed by atoms with Gasteiger partial charge in [-0.15, -0.1) is 5.10 Å². The van der Waals surface area contributed by atoms with Crippen LogP contribution in [0, 0.1) is 0 Å². The molecule has 0 aliphatic heterocycles. The molecule has 0 spiro atoms. The number of carbonyl (C=O) groups excluding carboxylic acids is 1. The van der Waals surface area contributed by atoms with Gasteiger partial charge in [-0.1, -0.05) is 28.9 Å². The van der Waals surface area contributed by atoms with Gasteiger partial charge in [0.15, 0.2) is 11.5 Å². The molecule has 0 aliphatic rings. The zero-order valence-corrected chi connectivity index (χ0v) is 13.5. The minimum absolute atomic E-state index is 0.0192. The van der Waals surface area contributed by atoms with Crippen molar-refractivity contribution in [2.24, 2.45) is 0 Å². The number of methoxy groups -OCH3 is 1. The van der Waals surface area contributed by atoms with Gasteiger partial charge >= 0.3 is 0 Å². The molecule has 8 heteroatoms. The Morgan fingerprint density at radius 2 is 1.92 bits per heavy atom. The highest BCUT2D eigenvalue weighted by atomic mass is 35.5. The summed E-state index contributed by atoms with van der Waals surface area (Å²) < 4.78 is 6.48. The maximum Gasteiger partial charge on any atom is 0.280 e. The van der Waals surface area contributed by atoms with E-state index in [1.807, 2.05) is 0 Å². The summed E-state index contributed by atoms with van der Waals surface area (Å²) in [5.41, 5.74) is 7.17. The first-order valence-corrected chi connectivity index (χ1v) is 7.39. The molecule has 0 unspecified atom stereocenters. The van der Waals surface area contributed by atoms with Crippen LogP contribution in [0.25, 0.3) is 5.69 Å². The van der Waals surface area contributed by atoms with Crippen LogP contribution in [0.15, 0.2) is 48.5 Å². The van der Waals surface area contributed by atoms with E-state index in [1.54, 1.807) is 55.6 Å². The number of ether oxygens (including phenoxy) is 1. The second kappa shape index (κ2) is 6.59. The second-order valence-corrected chi connectivity index (χ2v) is 5.27. The number of hydrogen-bond acceptors (Lipinski definition) is 5. The van der Waals surface area contributed by atoms with Crippen LogP contribution in [-0.2, 0) is 0 Å². The van der Waals surface area contributed by atoms with Gasteiger partial charge in [-0.2, -0.15) is 4.68 Å². The molecule has 2 aromatic carbocycles. The first kappa shape index (κ1) is 15.8.